The van der Waals surface area contributed by atoms with Gasteiger partial charge in [-0.25, -0.2) is 0 Å². The summed E-state index contributed by atoms with van der Waals surface area (Å²) in [4.78, 5) is 0. The molecule has 0 amide bonds. The molecule has 2 N–H and O–H groups in total. The summed E-state index contributed by atoms with van der Waals surface area (Å²) in [5, 5.41) is 19.1. The summed E-state index contributed by atoms with van der Waals surface area (Å²) in [6, 6.07) is 0. The molecule has 0 bridgehead atoms. The molecule has 0 aromatic heterocycles. The van der Waals surface area contributed by atoms with Crippen molar-refractivity contribution in [1.29, 1.82) is 0 Å². The first-order valence-corrected chi connectivity index (χ1v) is 5.51. The van der Waals surface area contributed by atoms with E-state index in [9.17, 15) is 5.11 Å². The average molecular weight is 196 g/mol. The maximum absolute atomic E-state index is 10.3. The van der Waals surface area contributed by atoms with Gasteiger partial charge in [0.05, 0.1) is 5.60 Å². The molecule has 80 valence electrons. The zero-order chi connectivity index (χ0) is 10.4. The maximum atomic E-state index is 10.3. The van der Waals surface area contributed by atoms with Gasteiger partial charge >= 0.3 is 0 Å². The molecule has 0 spiro atoms. The summed E-state index contributed by atoms with van der Waals surface area (Å²) >= 11 is 0. The van der Waals surface area contributed by atoms with Crippen molar-refractivity contribution >= 4 is 0 Å². The first kappa shape index (κ1) is 10.2. The van der Waals surface area contributed by atoms with E-state index in [4.69, 9.17) is 5.11 Å². The van der Waals surface area contributed by atoms with Gasteiger partial charge in [0.2, 0.25) is 0 Å². The van der Waals surface area contributed by atoms with Crippen molar-refractivity contribution in [3.05, 3.63) is 11.6 Å². The Morgan fingerprint density at radius 3 is 2.71 bits per heavy atom. The third-order valence-electron chi connectivity index (χ3n) is 3.68. The second kappa shape index (κ2) is 3.07. The summed E-state index contributed by atoms with van der Waals surface area (Å²) in [6.07, 6.45) is 5.91. The van der Waals surface area contributed by atoms with Gasteiger partial charge in [0.15, 0.2) is 0 Å². The second-order valence-electron chi connectivity index (χ2n) is 5.61. The predicted octanol–water partition coefficient (Wildman–Crippen LogP) is 1.87. The Morgan fingerprint density at radius 1 is 1.50 bits per heavy atom. The summed E-state index contributed by atoms with van der Waals surface area (Å²) in [5.74, 6) is 0.313. The van der Waals surface area contributed by atoms with Crippen LogP contribution in [-0.4, -0.2) is 22.4 Å². The normalized spacial score (nSPS) is 39.7. The van der Waals surface area contributed by atoms with Crippen LogP contribution in [0.3, 0.4) is 0 Å². The van der Waals surface area contributed by atoms with E-state index in [0.717, 1.165) is 25.7 Å². The van der Waals surface area contributed by atoms with E-state index >= 15 is 0 Å². The van der Waals surface area contributed by atoms with Gasteiger partial charge in [0.1, 0.15) is 0 Å². The van der Waals surface area contributed by atoms with E-state index in [1.54, 1.807) is 0 Å². The lowest BCUT2D eigenvalue weighted by Crippen LogP contribution is -2.17. The quantitative estimate of drug-likeness (QED) is 0.676. The number of allylic oxidation sites excluding steroid dienone is 1. The lowest BCUT2D eigenvalue weighted by molar-refractivity contribution is 0.151. The first-order valence-electron chi connectivity index (χ1n) is 5.51. The lowest BCUT2D eigenvalue weighted by atomic mass is 9.88. The van der Waals surface area contributed by atoms with Crippen LogP contribution >= 0.6 is 0 Å². The van der Waals surface area contributed by atoms with Crippen LogP contribution in [0.25, 0.3) is 0 Å². The molecule has 0 heterocycles. The van der Waals surface area contributed by atoms with Crippen molar-refractivity contribution in [2.45, 2.75) is 45.1 Å². The molecule has 14 heavy (non-hydrogen) atoms. The van der Waals surface area contributed by atoms with Gasteiger partial charge in [-0.2, -0.15) is 0 Å². The molecular weight excluding hydrogens is 176 g/mol. The largest absolute Gasteiger partial charge is 0.396 e. The summed E-state index contributed by atoms with van der Waals surface area (Å²) < 4.78 is 0. The van der Waals surface area contributed by atoms with Gasteiger partial charge in [-0.1, -0.05) is 19.9 Å². The number of aliphatic hydroxyl groups is 2. The van der Waals surface area contributed by atoms with Gasteiger partial charge in [0, 0.05) is 6.61 Å². The Labute approximate surface area is 85.6 Å². The summed E-state index contributed by atoms with van der Waals surface area (Å²) in [7, 11) is 0. The molecule has 2 aliphatic carbocycles. The monoisotopic (exact) mass is 196 g/mol. The average Bonchev–Trinajstić information content (AvgIpc) is 2.56. The standard InChI is InChI=1S/C12H20O2/c1-11(2)5-3-9(7-11)12(14)8-10(12)4-6-13/h3,10,13-14H,4-8H2,1-2H3/t10-,12+/m1/s1. The van der Waals surface area contributed by atoms with Crippen molar-refractivity contribution in [3.8, 4) is 0 Å². The summed E-state index contributed by atoms with van der Waals surface area (Å²) in [6.45, 7) is 4.68. The highest BCUT2D eigenvalue weighted by Crippen LogP contribution is 2.56. The molecule has 1 saturated carbocycles. The van der Waals surface area contributed by atoms with E-state index in [-0.39, 0.29) is 6.61 Å². The van der Waals surface area contributed by atoms with Crippen LogP contribution in [0.4, 0.5) is 0 Å². The van der Waals surface area contributed by atoms with Gasteiger partial charge in [-0.15, -0.1) is 0 Å². The van der Waals surface area contributed by atoms with Crippen LogP contribution in [0.2, 0.25) is 0 Å². The zero-order valence-electron chi connectivity index (χ0n) is 9.08. The molecular formula is C12H20O2. The van der Waals surface area contributed by atoms with Crippen LogP contribution < -0.4 is 0 Å². The zero-order valence-corrected chi connectivity index (χ0v) is 9.08. The molecule has 0 unspecified atom stereocenters. The molecule has 2 nitrogen and oxygen atoms in total. The molecule has 0 aliphatic heterocycles. The van der Waals surface area contributed by atoms with Gasteiger partial charge < -0.3 is 10.2 Å². The number of aliphatic hydroxyl groups excluding tert-OH is 1. The van der Waals surface area contributed by atoms with Crippen molar-refractivity contribution in [2.75, 3.05) is 6.61 Å². The third-order valence-corrected chi connectivity index (χ3v) is 3.68. The number of rotatable bonds is 3. The van der Waals surface area contributed by atoms with Gasteiger partial charge in [-0.3, -0.25) is 0 Å². The fourth-order valence-electron chi connectivity index (χ4n) is 2.60. The molecule has 0 saturated heterocycles. The van der Waals surface area contributed by atoms with Crippen LogP contribution in [0.1, 0.15) is 39.5 Å². The maximum Gasteiger partial charge on any atom is 0.0890 e. The van der Waals surface area contributed by atoms with Gasteiger partial charge in [-0.05, 0) is 42.6 Å². The number of hydrogen-bond donors (Lipinski definition) is 2. The van der Waals surface area contributed by atoms with E-state index in [2.05, 4.69) is 19.9 Å². The fourth-order valence-corrected chi connectivity index (χ4v) is 2.60. The fraction of sp³-hybridized carbons (Fsp3) is 0.833. The topological polar surface area (TPSA) is 40.5 Å². The second-order valence-corrected chi connectivity index (χ2v) is 5.61. The predicted molar refractivity (Wildman–Crippen MR) is 55.9 cm³/mol. The Hall–Kier alpha value is -0.340. The highest BCUT2D eigenvalue weighted by atomic mass is 16.3. The minimum atomic E-state index is -0.545. The van der Waals surface area contributed by atoms with Crippen molar-refractivity contribution in [1.82, 2.24) is 0 Å². The van der Waals surface area contributed by atoms with Crippen LogP contribution in [0, 0.1) is 11.3 Å². The minimum Gasteiger partial charge on any atom is -0.396 e. The minimum absolute atomic E-state index is 0.198. The highest BCUT2D eigenvalue weighted by Gasteiger charge is 2.55. The summed E-state index contributed by atoms with van der Waals surface area (Å²) in [5.41, 5.74) is 1.01. The third kappa shape index (κ3) is 1.61. The SMILES string of the molecule is CC1(C)CC=C([C@@]2(O)C[C@H]2CCO)C1. The molecule has 1 fully saturated rings. The Balaban J connectivity index is 1.99. The Kier molecular flexibility index (Phi) is 2.24. The highest BCUT2D eigenvalue weighted by molar-refractivity contribution is 5.32. The van der Waals surface area contributed by atoms with E-state index in [1.807, 2.05) is 0 Å². The van der Waals surface area contributed by atoms with Crippen LogP contribution in [0.5, 0.6) is 0 Å². The number of hydrogen-bond acceptors (Lipinski definition) is 2. The molecule has 2 heteroatoms. The molecule has 2 atom stereocenters. The molecule has 0 radical (unpaired) electrons. The van der Waals surface area contributed by atoms with Gasteiger partial charge in [0.25, 0.3) is 0 Å². The van der Waals surface area contributed by atoms with Crippen molar-refractivity contribution in [2.24, 2.45) is 11.3 Å². The Bertz CT molecular complexity index is 267. The van der Waals surface area contributed by atoms with E-state index in [0.29, 0.717) is 11.3 Å². The van der Waals surface area contributed by atoms with E-state index < -0.39 is 5.60 Å². The lowest BCUT2D eigenvalue weighted by Gasteiger charge is -2.19. The van der Waals surface area contributed by atoms with E-state index in [1.165, 1.54) is 5.57 Å². The molecule has 0 aromatic rings. The van der Waals surface area contributed by atoms with Crippen LogP contribution in [-0.2, 0) is 0 Å². The smallest absolute Gasteiger partial charge is 0.0890 e. The molecule has 0 aromatic carbocycles. The first-order chi connectivity index (χ1) is 6.48. The van der Waals surface area contributed by atoms with Crippen LogP contribution in [0.15, 0.2) is 11.6 Å². The van der Waals surface area contributed by atoms with Crippen molar-refractivity contribution < 1.29 is 10.2 Å². The Morgan fingerprint density at radius 2 is 2.21 bits per heavy atom. The molecule has 2 rings (SSSR count). The van der Waals surface area contributed by atoms with Crippen molar-refractivity contribution in [3.63, 3.8) is 0 Å². The molecule has 2 aliphatic rings.